The first-order chi connectivity index (χ1) is 15.0. The summed E-state index contributed by atoms with van der Waals surface area (Å²) in [6.45, 7) is 12.5. The molecule has 4 rings (SSSR count). The van der Waals surface area contributed by atoms with Crippen LogP contribution in [0.25, 0.3) is 0 Å². The van der Waals surface area contributed by atoms with Crippen molar-refractivity contribution in [2.24, 2.45) is 0 Å². The average Bonchev–Trinajstić information content (AvgIpc) is 3.07. The molecule has 0 bridgehead atoms. The van der Waals surface area contributed by atoms with Gasteiger partial charge in [-0.15, -0.1) is 0 Å². The molecule has 4 nitrogen and oxygen atoms in total. The van der Waals surface area contributed by atoms with Gasteiger partial charge in [0, 0.05) is 23.4 Å². The Bertz CT molecular complexity index is 1190. The molecule has 0 fully saturated rings. The van der Waals surface area contributed by atoms with Gasteiger partial charge in [0.25, 0.3) is 5.91 Å². The molecule has 2 N–H and O–H groups in total. The summed E-state index contributed by atoms with van der Waals surface area (Å²) in [5, 5.41) is 2.97. The molecule has 1 unspecified atom stereocenters. The number of hydrogen-bond donors (Lipinski definition) is 2. The van der Waals surface area contributed by atoms with Crippen molar-refractivity contribution in [3.63, 3.8) is 0 Å². The maximum Gasteiger partial charge on any atom is 0.272 e. The minimum atomic E-state index is -0.209. The number of H-pyrrole nitrogens is 1. The number of amides is 1. The Hall–Kier alpha value is -3.14. The lowest BCUT2D eigenvalue weighted by Crippen LogP contribution is -2.19. The molecule has 1 amide bonds. The molecule has 166 valence electrons. The Morgan fingerprint density at radius 2 is 1.66 bits per heavy atom. The molecule has 1 atom stereocenters. The molecule has 1 heterocycles. The highest BCUT2D eigenvalue weighted by molar-refractivity contribution is 6.08. The topological polar surface area (TPSA) is 62.0 Å². The molecule has 1 aliphatic rings. The number of aromatic amines is 1. The highest BCUT2D eigenvalue weighted by Crippen LogP contribution is 2.36. The molecule has 0 aliphatic heterocycles. The minimum absolute atomic E-state index is 0.100. The first-order valence-corrected chi connectivity index (χ1v) is 11.3. The van der Waals surface area contributed by atoms with Crippen molar-refractivity contribution in [2.75, 3.05) is 5.32 Å². The number of benzene rings is 2. The van der Waals surface area contributed by atoms with Crippen molar-refractivity contribution in [1.82, 2.24) is 4.98 Å². The molecule has 0 saturated heterocycles. The fourth-order valence-electron chi connectivity index (χ4n) is 4.56. The van der Waals surface area contributed by atoms with E-state index >= 15 is 0 Å². The number of hydrogen-bond acceptors (Lipinski definition) is 2. The van der Waals surface area contributed by atoms with Crippen molar-refractivity contribution in [2.45, 2.75) is 65.7 Å². The third-order valence-electron chi connectivity index (χ3n) is 6.73. The second-order valence-corrected chi connectivity index (χ2v) is 10.1. The molecule has 2 aromatic carbocycles. The van der Waals surface area contributed by atoms with E-state index in [-0.39, 0.29) is 23.0 Å². The number of fused-ring (bicyclic) bond motifs is 1. The Morgan fingerprint density at radius 1 is 0.969 bits per heavy atom. The Balaban J connectivity index is 1.58. The minimum Gasteiger partial charge on any atom is -0.354 e. The van der Waals surface area contributed by atoms with E-state index in [9.17, 15) is 9.59 Å². The number of rotatable bonds is 3. The van der Waals surface area contributed by atoms with Gasteiger partial charge in [-0.05, 0) is 78.5 Å². The van der Waals surface area contributed by atoms with Crippen LogP contribution in [-0.2, 0) is 11.8 Å². The maximum absolute atomic E-state index is 13.0. The van der Waals surface area contributed by atoms with Crippen LogP contribution in [0.3, 0.4) is 0 Å². The summed E-state index contributed by atoms with van der Waals surface area (Å²) in [5.74, 6) is 0.0203. The van der Waals surface area contributed by atoms with Crippen LogP contribution in [0.5, 0.6) is 0 Å². The summed E-state index contributed by atoms with van der Waals surface area (Å²) < 4.78 is 0. The zero-order valence-corrected chi connectivity index (χ0v) is 19.8. The van der Waals surface area contributed by atoms with E-state index in [1.165, 1.54) is 16.7 Å². The fraction of sp³-hybridized carbons (Fsp3) is 0.357. The fourth-order valence-corrected chi connectivity index (χ4v) is 4.56. The maximum atomic E-state index is 13.0. The molecular weight excluding hydrogens is 396 g/mol. The highest BCUT2D eigenvalue weighted by atomic mass is 16.2. The van der Waals surface area contributed by atoms with Gasteiger partial charge in [-0.25, -0.2) is 0 Å². The van der Waals surface area contributed by atoms with E-state index in [1.54, 1.807) is 0 Å². The van der Waals surface area contributed by atoms with Gasteiger partial charge in [-0.1, -0.05) is 51.1 Å². The summed E-state index contributed by atoms with van der Waals surface area (Å²) in [7, 11) is 0. The zero-order valence-electron chi connectivity index (χ0n) is 19.8. The predicted molar refractivity (Wildman–Crippen MR) is 130 cm³/mol. The molecule has 32 heavy (non-hydrogen) atoms. The average molecular weight is 429 g/mol. The molecule has 3 aromatic rings. The smallest absolute Gasteiger partial charge is 0.272 e. The van der Waals surface area contributed by atoms with E-state index in [0.29, 0.717) is 17.7 Å². The van der Waals surface area contributed by atoms with Crippen molar-refractivity contribution in [1.29, 1.82) is 0 Å². The van der Waals surface area contributed by atoms with Crippen LogP contribution >= 0.6 is 0 Å². The lowest BCUT2D eigenvalue weighted by molar-refractivity contribution is 0.0963. The number of carbonyl (C=O) groups excluding carboxylic acids is 2. The number of anilines is 1. The monoisotopic (exact) mass is 428 g/mol. The van der Waals surface area contributed by atoms with E-state index < -0.39 is 0 Å². The normalized spacial score (nSPS) is 16.1. The standard InChI is InChI=1S/C28H32N2O2/c1-16-7-12-22(13-17(16)2)29-27(32)26-18(3)25-23(30-26)14-20(15-24(25)31)19-8-10-21(11-9-19)28(4,5)6/h7-13,20,30H,14-15H2,1-6H3,(H,29,32). The molecular formula is C28H32N2O2. The Morgan fingerprint density at radius 3 is 2.28 bits per heavy atom. The number of aromatic nitrogens is 1. The van der Waals surface area contributed by atoms with Crippen molar-refractivity contribution >= 4 is 17.4 Å². The van der Waals surface area contributed by atoms with Gasteiger partial charge in [0.15, 0.2) is 5.78 Å². The van der Waals surface area contributed by atoms with E-state index in [2.05, 4.69) is 55.3 Å². The number of carbonyl (C=O) groups is 2. The molecule has 0 spiro atoms. The third-order valence-corrected chi connectivity index (χ3v) is 6.73. The summed E-state index contributed by atoms with van der Waals surface area (Å²) in [6, 6.07) is 14.5. The van der Waals surface area contributed by atoms with Gasteiger partial charge in [-0.3, -0.25) is 9.59 Å². The second-order valence-electron chi connectivity index (χ2n) is 10.1. The number of Topliss-reactive ketones (excluding diaryl/α,β-unsaturated/α-hetero) is 1. The van der Waals surface area contributed by atoms with Gasteiger partial charge < -0.3 is 10.3 Å². The van der Waals surface area contributed by atoms with Crippen LogP contribution in [0.1, 0.15) is 87.5 Å². The lowest BCUT2D eigenvalue weighted by Gasteiger charge is -2.24. The molecule has 1 aliphatic carbocycles. The number of nitrogens with one attached hydrogen (secondary N) is 2. The van der Waals surface area contributed by atoms with E-state index in [1.807, 2.05) is 39.0 Å². The third kappa shape index (κ3) is 4.14. The van der Waals surface area contributed by atoms with Gasteiger partial charge in [-0.2, -0.15) is 0 Å². The summed E-state index contributed by atoms with van der Waals surface area (Å²) in [4.78, 5) is 29.3. The van der Waals surface area contributed by atoms with Gasteiger partial charge in [0.05, 0.1) is 0 Å². The lowest BCUT2D eigenvalue weighted by atomic mass is 9.80. The van der Waals surface area contributed by atoms with Crippen LogP contribution in [0, 0.1) is 20.8 Å². The van der Waals surface area contributed by atoms with Crippen LogP contribution in [0.2, 0.25) is 0 Å². The largest absolute Gasteiger partial charge is 0.354 e. The van der Waals surface area contributed by atoms with Gasteiger partial charge in [0.1, 0.15) is 5.69 Å². The number of aryl methyl sites for hydroxylation is 2. The first-order valence-electron chi connectivity index (χ1n) is 11.3. The molecule has 1 aromatic heterocycles. The van der Waals surface area contributed by atoms with E-state index in [4.69, 9.17) is 0 Å². The van der Waals surface area contributed by atoms with Crippen molar-refractivity contribution < 1.29 is 9.59 Å². The quantitative estimate of drug-likeness (QED) is 0.507. The second kappa shape index (κ2) is 8.09. The Kier molecular flexibility index (Phi) is 5.58. The zero-order chi connectivity index (χ0) is 23.2. The predicted octanol–water partition coefficient (Wildman–Crippen LogP) is 6.40. The molecule has 0 saturated carbocycles. The van der Waals surface area contributed by atoms with Crippen molar-refractivity contribution in [3.05, 3.63) is 87.2 Å². The van der Waals surface area contributed by atoms with Gasteiger partial charge >= 0.3 is 0 Å². The number of ketones is 1. The van der Waals surface area contributed by atoms with Crippen LogP contribution in [-0.4, -0.2) is 16.7 Å². The summed E-state index contributed by atoms with van der Waals surface area (Å²) >= 11 is 0. The first kappa shape index (κ1) is 22.1. The highest BCUT2D eigenvalue weighted by Gasteiger charge is 2.32. The van der Waals surface area contributed by atoms with Crippen molar-refractivity contribution in [3.8, 4) is 0 Å². The summed E-state index contributed by atoms with van der Waals surface area (Å²) in [5.41, 5.74) is 8.40. The molecule has 4 heteroatoms. The van der Waals surface area contributed by atoms with E-state index in [0.717, 1.165) is 28.9 Å². The molecule has 0 radical (unpaired) electrons. The van der Waals surface area contributed by atoms with Gasteiger partial charge in [0.2, 0.25) is 0 Å². The van der Waals surface area contributed by atoms with Crippen LogP contribution in [0.4, 0.5) is 5.69 Å². The SMILES string of the molecule is Cc1ccc(NC(=O)c2[nH]c3c(c2C)C(=O)CC(c2ccc(C(C)(C)C)cc2)C3)cc1C. The Labute approximate surface area is 190 Å². The van der Waals surface area contributed by atoms with Crippen LogP contribution in [0.15, 0.2) is 42.5 Å². The van der Waals surface area contributed by atoms with Crippen LogP contribution < -0.4 is 5.32 Å². The summed E-state index contributed by atoms with van der Waals surface area (Å²) in [6.07, 6.45) is 1.20.